The maximum Gasteiger partial charge on any atom is 0.267 e. The van der Waals surface area contributed by atoms with E-state index in [1.54, 1.807) is 12.1 Å². The Bertz CT molecular complexity index is 1200. The fraction of sp³-hybridized carbons (Fsp3) is 0.391. The normalized spacial score (nSPS) is 22.2. The maximum absolute atomic E-state index is 14.3. The minimum atomic E-state index is -2.78. The predicted molar refractivity (Wildman–Crippen MR) is 121 cm³/mol. The van der Waals surface area contributed by atoms with Crippen molar-refractivity contribution in [2.24, 2.45) is 0 Å². The summed E-state index contributed by atoms with van der Waals surface area (Å²) in [6.45, 7) is 2.43. The van der Waals surface area contributed by atoms with Gasteiger partial charge in [-0.1, -0.05) is 12.1 Å². The molecule has 0 aliphatic carbocycles. The van der Waals surface area contributed by atoms with Gasteiger partial charge in [0, 0.05) is 11.1 Å². The molecule has 5 rings (SSSR count). The van der Waals surface area contributed by atoms with Crippen LogP contribution in [-0.2, 0) is 6.42 Å². The zero-order valence-corrected chi connectivity index (χ0v) is 18.4. The number of aromatic nitrogens is 1. The monoisotopic (exact) mass is 458 g/mol. The third-order valence-electron chi connectivity index (χ3n) is 6.15. The van der Waals surface area contributed by atoms with Crippen molar-refractivity contribution in [3.8, 4) is 5.75 Å². The molecule has 2 aliphatic rings. The molecular formula is C23H24F2N4O2S. The van der Waals surface area contributed by atoms with Crippen LogP contribution in [-0.4, -0.2) is 42.6 Å². The lowest BCUT2D eigenvalue weighted by Gasteiger charge is -2.33. The summed E-state index contributed by atoms with van der Waals surface area (Å²) in [5.74, 6) is -3.24. The number of piperidine rings is 1. The zero-order chi connectivity index (χ0) is 22.5. The van der Waals surface area contributed by atoms with Crippen LogP contribution in [0.5, 0.6) is 5.75 Å². The van der Waals surface area contributed by atoms with E-state index in [1.165, 1.54) is 11.3 Å². The number of nitrogen functional groups attached to an aromatic ring is 1. The Morgan fingerprint density at radius 2 is 2.19 bits per heavy atom. The Labute approximate surface area is 188 Å². The van der Waals surface area contributed by atoms with Gasteiger partial charge in [-0.15, -0.1) is 11.3 Å². The van der Waals surface area contributed by atoms with E-state index < -0.39 is 11.8 Å². The van der Waals surface area contributed by atoms with Gasteiger partial charge in [-0.2, -0.15) is 0 Å². The van der Waals surface area contributed by atoms with Crippen LogP contribution in [0.2, 0.25) is 0 Å². The van der Waals surface area contributed by atoms with E-state index in [-0.39, 0.29) is 25.1 Å². The average Bonchev–Trinajstić information content (AvgIpc) is 3.09. The first-order valence-corrected chi connectivity index (χ1v) is 11.4. The van der Waals surface area contributed by atoms with Gasteiger partial charge in [0.15, 0.2) is 0 Å². The maximum atomic E-state index is 14.3. The topological polar surface area (TPSA) is 89.3 Å². The quantitative estimate of drug-likeness (QED) is 0.558. The van der Waals surface area contributed by atoms with Gasteiger partial charge in [-0.25, -0.2) is 13.8 Å². The average molecular weight is 459 g/mol. The molecule has 168 valence electrons. The molecule has 0 bridgehead atoms. The van der Waals surface area contributed by atoms with Crippen LogP contribution in [0, 0.1) is 6.92 Å². The minimum Gasteiger partial charge on any atom is -0.491 e. The molecule has 0 spiro atoms. The lowest BCUT2D eigenvalue weighted by molar-refractivity contribution is -0.0420. The van der Waals surface area contributed by atoms with Crippen molar-refractivity contribution in [3.63, 3.8) is 0 Å². The number of aryl methyl sites for hydroxylation is 1. The first-order chi connectivity index (χ1) is 15.3. The second-order valence-electron chi connectivity index (χ2n) is 8.48. The van der Waals surface area contributed by atoms with E-state index in [4.69, 9.17) is 10.5 Å². The summed E-state index contributed by atoms with van der Waals surface area (Å²) in [7, 11) is 0. The lowest BCUT2D eigenvalue weighted by Crippen LogP contribution is -2.45. The van der Waals surface area contributed by atoms with Crippen molar-refractivity contribution in [2.45, 2.75) is 37.6 Å². The highest BCUT2D eigenvalue weighted by Gasteiger charge is 2.42. The van der Waals surface area contributed by atoms with Gasteiger partial charge in [-0.3, -0.25) is 4.79 Å². The van der Waals surface area contributed by atoms with E-state index in [0.717, 1.165) is 21.5 Å². The number of nitrogens with two attached hydrogens (primary N) is 1. The second kappa shape index (κ2) is 7.97. The number of pyridine rings is 1. The number of benzene rings is 1. The van der Waals surface area contributed by atoms with Gasteiger partial charge in [-0.05, 0) is 55.6 Å². The summed E-state index contributed by atoms with van der Waals surface area (Å²) >= 11 is 1.27. The van der Waals surface area contributed by atoms with Crippen molar-refractivity contribution >= 4 is 33.1 Å². The molecule has 0 saturated carbocycles. The number of hydrogen-bond donors (Lipinski definition) is 3. The Kier molecular flexibility index (Phi) is 5.25. The number of carbonyl (C=O) groups is 1. The Morgan fingerprint density at radius 3 is 3.00 bits per heavy atom. The Hall–Kier alpha value is -2.78. The number of amides is 1. The molecule has 1 saturated heterocycles. The lowest BCUT2D eigenvalue weighted by atomic mass is 9.86. The molecule has 6 nitrogen and oxygen atoms in total. The van der Waals surface area contributed by atoms with E-state index in [2.05, 4.69) is 15.6 Å². The third kappa shape index (κ3) is 3.80. The van der Waals surface area contributed by atoms with Crippen molar-refractivity contribution < 1.29 is 18.3 Å². The first-order valence-electron chi connectivity index (χ1n) is 10.6. The molecule has 32 heavy (non-hydrogen) atoms. The van der Waals surface area contributed by atoms with Crippen molar-refractivity contribution in [3.05, 3.63) is 52.0 Å². The molecule has 1 fully saturated rings. The molecular weight excluding hydrogens is 434 g/mol. The molecule has 2 aromatic heterocycles. The number of rotatable bonds is 3. The number of carbonyl (C=O) groups excluding carboxylic acids is 1. The van der Waals surface area contributed by atoms with Crippen molar-refractivity contribution in [2.75, 3.05) is 25.4 Å². The number of halogens is 2. The molecule has 0 radical (unpaired) electrons. The second-order valence-corrected chi connectivity index (χ2v) is 9.48. The molecule has 9 heteroatoms. The fourth-order valence-corrected chi connectivity index (χ4v) is 5.50. The SMILES string of the molecule is Cc1ccc2c(N)c(C(=O)N[C@H]3COc4cc([C@H]5CCNCC5(F)F)ccc4C3)sc2n1. The highest BCUT2D eigenvalue weighted by atomic mass is 32.1. The summed E-state index contributed by atoms with van der Waals surface area (Å²) in [6, 6.07) is 8.84. The number of anilines is 1. The van der Waals surface area contributed by atoms with Crippen LogP contribution in [0.1, 0.15) is 38.8 Å². The zero-order valence-electron chi connectivity index (χ0n) is 17.6. The van der Waals surface area contributed by atoms with Crippen LogP contribution in [0.4, 0.5) is 14.5 Å². The first kappa shape index (κ1) is 21.1. The van der Waals surface area contributed by atoms with Gasteiger partial charge < -0.3 is 21.1 Å². The van der Waals surface area contributed by atoms with Gasteiger partial charge in [0.1, 0.15) is 22.1 Å². The number of ether oxygens (including phenoxy) is 1. The summed E-state index contributed by atoms with van der Waals surface area (Å²) in [6.07, 6.45) is 0.946. The number of hydrogen-bond acceptors (Lipinski definition) is 6. The van der Waals surface area contributed by atoms with Crippen LogP contribution >= 0.6 is 11.3 Å². The van der Waals surface area contributed by atoms with Gasteiger partial charge in [0.2, 0.25) is 0 Å². The number of nitrogens with one attached hydrogen (secondary N) is 2. The molecule has 2 aliphatic heterocycles. The van der Waals surface area contributed by atoms with Crippen LogP contribution < -0.4 is 21.1 Å². The predicted octanol–water partition coefficient (Wildman–Crippen LogP) is 3.63. The summed E-state index contributed by atoms with van der Waals surface area (Å²) in [5, 5.41) is 6.53. The molecule has 4 heterocycles. The smallest absolute Gasteiger partial charge is 0.267 e. The molecule has 0 unspecified atom stereocenters. The van der Waals surface area contributed by atoms with E-state index in [1.807, 2.05) is 25.1 Å². The van der Waals surface area contributed by atoms with Crippen molar-refractivity contribution in [1.82, 2.24) is 15.6 Å². The minimum absolute atomic E-state index is 0.236. The molecule has 4 N–H and O–H groups in total. The van der Waals surface area contributed by atoms with Gasteiger partial charge in [0.05, 0.1) is 24.2 Å². The summed E-state index contributed by atoms with van der Waals surface area (Å²) in [4.78, 5) is 18.5. The summed E-state index contributed by atoms with van der Waals surface area (Å²) < 4.78 is 34.5. The fourth-order valence-electron chi connectivity index (χ4n) is 4.45. The largest absolute Gasteiger partial charge is 0.491 e. The number of thiophene rings is 1. The Balaban J connectivity index is 1.31. The molecule has 1 amide bonds. The van der Waals surface area contributed by atoms with Gasteiger partial charge in [0.25, 0.3) is 11.8 Å². The molecule has 1 aromatic carbocycles. The van der Waals surface area contributed by atoms with E-state index >= 15 is 0 Å². The van der Waals surface area contributed by atoms with E-state index in [9.17, 15) is 13.6 Å². The number of nitrogens with zero attached hydrogens (tertiary/aromatic N) is 1. The highest BCUT2D eigenvalue weighted by Crippen LogP contribution is 2.40. The van der Waals surface area contributed by atoms with Crippen LogP contribution in [0.25, 0.3) is 10.2 Å². The number of fused-ring (bicyclic) bond motifs is 2. The summed E-state index contributed by atoms with van der Waals surface area (Å²) in [5.41, 5.74) is 8.98. The Morgan fingerprint density at radius 1 is 1.34 bits per heavy atom. The third-order valence-corrected chi connectivity index (χ3v) is 7.27. The van der Waals surface area contributed by atoms with Crippen LogP contribution in [0.3, 0.4) is 0 Å². The standard InChI is InChI=1S/C23H24F2N4O2S/c1-12-2-5-16-19(26)20(32-22(16)28-12)21(30)29-15-8-14-4-3-13(9-18(14)31-10-15)17-6-7-27-11-23(17,24)25/h2-5,9,15,17,27H,6-8,10-11,26H2,1H3,(H,29,30)/t15-,17-/m1/s1. The van der Waals surface area contributed by atoms with Crippen molar-refractivity contribution in [1.29, 1.82) is 0 Å². The van der Waals surface area contributed by atoms with Gasteiger partial charge >= 0.3 is 0 Å². The molecule has 2 atom stereocenters. The van der Waals surface area contributed by atoms with Crippen LogP contribution in [0.15, 0.2) is 30.3 Å². The highest BCUT2D eigenvalue weighted by molar-refractivity contribution is 7.21. The number of alkyl halides is 2. The molecule has 3 aromatic rings. The van der Waals surface area contributed by atoms with E-state index in [0.29, 0.717) is 41.3 Å².